The fraction of sp³-hybridized carbons (Fsp3) is 0.643. The molecule has 0 aliphatic heterocycles. The van der Waals surface area contributed by atoms with Crippen molar-refractivity contribution in [2.24, 2.45) is 0 Å². The zero-order valence-electron chi connectivity index (χ0n) is 12.6. The molecule has 0 aromatic carbocycles. The number of anilines is 2. The van der Waals surface area contributed by atoms with Gasteiger partial charge in [-0.3, -0.25) is 4.79 Å². The highest BCUT2D eigenvalue weighted by atomic mass is 16.5. The summed E-state index contributed by atoms with van der Waals surface area (Å²) >= 11 is 0. The lowest BCUT2D eigenvalue weighted by Gasteiger charge is -2.10. The molecule has 0 saturated heterocycles. The standard InChI is InChI=1S/C14H23N5O2/c1-3-15-11-8-12(19-13(18-11)9-21-2)16-7-6-14(20)17-10-4-5-10/h8,10H,3-7,9H2,1-2H3,(H,17,20)(H2,15,16,18,19). The Morgan fingerprint density at radius 3 is 2.67 bits per heavy atom. The summed E-state index contributed by atoms with van der Waals surface area (Å²) < 4.78 is 5.06. The highest BCUT2D eigenvalue weighted by Crippen LogP contribution is 2.18. The maximum Gasteiger partial charge on any atom is 0.221 e. The molecule has 1 aliphatic carbocycles. The van der Waals surface area contributed by atoms with E-state index in [0.717, 1.165) is 25.2 Å². The van der Waals surface area contributed by atoms with Crippen molar-refractivity contribution in [3.63, 3.8) is 0 Å². The van der Waals surface area contributed by atoms with E-state index in [9.17, 15) is 4.79 Å². The average Bonchev–Trinajstić information content (AvgIpc) is 3.23. The van der Waals surface area contributed by atoms with Crippen molar-refractivity contribution in [3.8, 4) is 0 Å². The van der Waals surface area contributed by atoms with E-state index in [2.05, 4.69) is 25.9 Å². The van der Waals surface area contributed by atoms with Crippen molar-refractivity contribution >= 4 is 17.5 Å². The molecule has 1 amide bonds. The number of aromatic nitrogens is 2. The first-order valence-electron chi connectivity index (χ1n) is 7.35. The van der Waals surface area contributed by atoms with Gasteiger partial charge in [-0.15, -0.1) is 0 Å². The minimum Gasteiger partial charge on any atom is -0.377 e. The Balaban J connectivity index is 1.86. The summed E-state index contributed by atoms with van der Waals surface area (Å²) in [6, 6.07) is 2.24. The lowest BCUT2D eigenvalue weighted by Crippen LogP contribution is -2.27. The predicted molar refractivity (Wildman–Crippen MR) is 81.2 cm³/mol. The van der Waals surface area contributed by atoms with Gasteiger partial charge in [0.25, 0.3) is 0 Å². The van der Waals surface area contributed by atoms with Crippen LogP contribution in [-0.2, 0) is 16.1 Å². The van der Waals surface area contributed by atoms with Crippen LogP contribution in [0.5, 0.6) is 0 Å². The van der Waals surface area contributed by atoms with E-state index in [1.165, 1.54) is 0 Å². The van der Waals surface area contributed by atoms with Crippen molar-refractivity contribution < 1.29 is 9.53 Å². The Bertz CT molecular complexity index is 452. The van der Waals surface area contributed by atoms with Gasteiger partial charge in [-0.25, -0.2) is 9.97 Å². The van der Waals surface area contributed by atoms with Crippen LogP contribution in [0.25, 0.3) is 0 Å². The lowest BCUT2D eigenvalue weighted by molar-refractivity contribution is -0.120. The SMILES string of the molecule is CCNc1cc(NCCC(=O)NC2CC2)nc(COC)n1. The number of hydrogen-bond donors (Lipinski definition) is 3. The molecular weight excluding hydrogens is 270 g/mol. The van der Waals surface area contributed by atoms with E-state index in [4.69, 9.17) is 4.74 Å². The summed E-state index contributed by atoms with van der Waals surface area (Å²) in [5.74, 6) is 2.15. The third-order valence-electron chi connectivity index (χ3n) is 3.00. The van der Waals surface area contributed by atoms with Crippen LogP contribution >= 0.6 is 0 Å². The molecule has 2 rings (SSSR count). The van der Waals surface area contributed by atoms with Gasteiger partial charge in [-0.05, 0) is 19.8 Å². The van der Waals surface area contributed by atoms with Gasteiger partial charge < -0.3 is 20.7 Å². The van der Waals surface area contributed by atoms with E-state index in [-0.39, 0.29) is 5.91 Å². The quantitative estimate of drug-likeness (QED) is 0.633. The van der Waals surface area contributed by atoms with Crippen LogP contribution in [0.15, 0.2) is 6.07 Å². The molecule has 7 nitrogen and oxygen atoms in total. The second-order valence-electron chi connectivity index (χ2n) is 5.04. The first kappa shape index (κ1) is 15.5. The number of carbonyl (C=O) groups is 1. The molecule has 0 radical (unpaired) electrons. The summed E-state index contributed by atoms with van der Waals surface area (Å²) in [5.41, 5.74) is 0. The summed E-state index contributed by atoms with van der Waals surface area (Å²) in [6.45, 7) is 3.70. The first-order chi connectivity index (χ1) is 10.2. The lowest BCUT2D eigenvalue weighted by atomic mass is 10.3. The largest absolute Gasteiger partial charge is 0.377 e. The maximum absolute atomic E-state index is 11.6. The Morgan fingerprint density at radius 1 is 1.33 bits per heavy atom. The highest BCUT2D eigenvalue weighted by Gasteiger charge is 2.22. The molecule has 1 aromatic rings. The molecule has 1 aromatic heterocycles. The number of amides is 1. The number of hydrogen-bond acceptors (Lipinski definition) is 6. The topological polar surface area (TPSA) is 88.2 Å². The Hall–Kier alpha value is -1.89. The second kappa shape index (κ2) is 7.78. The number of rotatable bonds is 9. The van der Waals surface area contributed by atoms with Gasteiger partial charge in [0.1, 0.15) is 18.2 Å². The molecule has 0 bridgehead atoms. The molecule has 0 atom stereocenters. The molecule has 1 fully saturated rings. The van der Waals surface area contributed by atoms with E-state index >= 15 is 0 Å². The molecular formula is C14H23N5O2. The second-order valence-corrected chi connectivity index (χ2v) is 5.04. The number of nitrogens with zero attached hydrogens (tertiary/aromatic N) is 2. The number of carbonyl (C=O) groups excluding carboxylic acids is 1. The summed E-state index contributed by atoms with van der Waals surface area (Å²) in [5, 5.41) is 9.27. The minimum atomic E-state index is 0.0862. The Labute approximate surface area is 124 Å². The van der Waals surface area contributed by atoms with Gasteiger partial charge in [-0.1, -0.05) is 0 Å². The molecule has 0 spiro atoms. The average molecular weight is 293 g/mol. The fourth-order valence-electron chi connectivity index (χ4n) is 1.88. The van der Waals surface area contributed by atoms with Crippen molar-refractivity contribution in [3.05, 3.63) is 11.9 Å². The zero-order chi connectivity index (χ0) is 15.1. The molecule has 0 unspecified atom stereocenters. The van der Waals surface area contributed by atoms with Crippen LogP contribution in [0.3, 0.4) is 0 Å². The van der Waals surface area contributed by atoms with Gasteiger partial charge >= 0.3 is 0 Å². The summed E-state index contributed by atoms with van der Waals surface area (Å²) in [6.07, 6.45) is 2.66. The fourth-order valence-corrected chi connectivity index (χ4v) is 1.88. The Kier molecular flexibility index (Phi) is 5.74. The Morgan fingerprint density at radius 2 is 2.05 bits per heavy atom. The molecule has 1 heterocycles. The third kappa shape index (κ3) is 5.55. The monoisotopic (exact) mass is 293 g/mol. The molecule has 7 heteroatoms. The summed E-state index contributed by atoms with van der Waals surface area (Å²) in [4.78, 5) is 20.3. The van der Waals surface area contributed by atoms with Crippen molar-refractivity contribution in [2.45, 2.75) is 38.8 Å². The van der Waals surface area contributed by atoms with Gasteiger partial charge in [0, 0.05) is 38.7 Å². The molecule has 21 heavy (non-hydrogen) atoms. The maximum atomic E-state index is 11.6. The molecule has 3 N–H and O–H groups in total. The van der Waals surface area contributed by atoms with Gasteiger partial charge in [0.05, 0.1) is 0 Å². The molecule has 116 valence electrons. The predicted octanol–water partition coefficient (Wildman–Crippen LogP) is 1.14. The number of nitrogens with one attached hydrogen (secondary N) is 3. The minimum absolute atomic E-state index is 0.0862. The van der Waals surface area contributed by atoms with Crippen LogP contribution < -0.4 is 16.0 Å². The molecule has 1 aliphatic rings. The van der Waals surface area contributed by atoms with Crippen LogP contribution in [0.4, 0.5) is 11.6 Å². The molecule has 1 saturated carbocycles. The van der Waals surface area contributed by atoms with E-state index in [0.29, 0.717) is 37.3 Å². The van der Waals surface area contributed by atoms with Crippen LogP contribution in [0, 0.1) is 0 Å². The first-order valence-corrected chi connectivity index (χ1v) is 7.35. The van der Waals surface area contributed by atoms with E-state index in [1.54, 1.807) is 7.11 Å². The van der Waals surface area contributed by atoms with Crippen LogP contribution in [0.1, 0.15) is 32.0 Å². The highest BCUT2D eigenvalue weighted by molar-refractivity contribution is 5.77. The number of ether oxygens (including phenoxy) is 1. The van der Waals surface area contributed by atoms with Crippen molar-refractivity contribution in [2.75, 3.05) is 30.8 Å². The van der Waals surface area contributed by atoms with E-state index in [1.807, 2.05) is 13.0 Å². The van der Waals surface area contributed by atoms with Crippen LogP contribution in [-0.4, -0.2) is 42.1 Å². The van der Waals surface area contributed by atoms with Gasteiger partial charge in [-0.2, -0.15) is 0 Å². The van der Waals surface area contributed by atoms with Crippen molar-refractivity contribution in [1.29, 1.82) is 0 Å². The third-order valence-corrected chi connectivity index (χ3v) is 3.00. The van der Waals surface area contributed by atoms with Crippen LogP contribution in [0.2, 0.25) is 0 Å². The van der Waals surface area contributed by atoms with E-state index < -0.39 is 0 Å². The smallest absolute Gasteiger partial charge is 0.221 e. The van der Waals surface area contributed by atoms with Gasteiger partial charge in [0.15, 0.2) is 5.82 Å². The normalized spacial score (nSPS) is 13.8. The summed E-state index contributed by atoms with van der Waals surface area (Å²) in [7, 11) is 1.61. The van der Waals surface area contributed by atoms with Gasteiger partial charge in [0.2, 0.25) is 5.91 Å². The van der Waals surface area contributed by atoms with Crippen molar-refractivity contribution in [1.82, 2.24) is 15.3 Å². The number of methoxy groups -OCH3 is 1. The zero-order valence-corrected chi connectivity index (χ0v) is 12.6.